The summed E-state index contributed by atoms with van der Waals surface area (Å²) in [6, 6.07) is 4.33. The molecular formula is C28H35N3O2. The van der Waals surface area contributed by atoms with E-state index in [1.54, 1.807) is 0 Å². The molecule has 0 spiro atoms. The number of ether oxygens (including phenoxy) is 1. The Labute approximate surface area is 196 Å². The summed E-state index contributed by atoms with van der Waals surface area (Å²) in [4.78, 5) is 22.2. The van der Waals surface area contributed by atoms with Gasteiger partial charge in [-0.3, -0.25) is 14.8 Å². The molecule has 5 heteroatoms. The highest BCUT2D eigenvalue weighted by molar-refractivity contribution is 6.04. The van der Waals surface area contributed by atoms with Crippen LogP contribution >= 0.6 is 0 Å². The Bertz CT molecular complexity index is 1120. The van der Waals surface area contributed by atoms with Crippen LogP contribution in [0.25, 0.3) is 11.1 Å². The number of fused-ring (bicyclic) bond motifs is 2. The second kappa shape index (κ2) is 8.58. The molecule has 2 atom stereocenters. The van der Waals surface area contributed by atoms with Crippen LogP contribution in [0.15, 0.2) is 23.3 Å². The molecular weight excluding hydrogens is 410 g/mol. The molecule has 2 aliphatic carbocycles. The minimum atomic E-state index is -0.474. The molecule has 1 aliphatic heterocycles. The summed E-state index contributed by atoms with van der Waals surface area (Å²) in [6.45, 7) is 6.74. The molecule has 174 valence electrons. The molecule has 1 aromatic heterocycles. The first-order valence-electron chi connectivity index (χ1n) is 12.5. The van der Waals surface area contributed by atoms with Crippen LogP contribution in [-0.4, -0.2) is 23.2 Å². The number of carbonyl (C=O) groups excluding carboxylic acids is 1. The van der Waals surface area contributed by atoms with Crippen molar-refractivity contribution in [1.29, 1.82) is 0 Å². The molecule has 1 amide bonds. The van der Waals surface area contributed by atoms with Gasteiger partial charge in [-0.1, -0.05) is 20.8 Å². The van der Waals surface area contributed by atoms with Crippen LogP contribution in [0.2, 0.25) is 0 Å². The smallest absolute Gasteiger partial charge is 0.254 e. The van der Waals surface area contributed by atoms with Gasteiger partial charge in [0.25, 0.3) is 5.91 Å². The Hall–Kier alpha value is -2.69. The largest absolute Gasteiger partial charge is 0.489 e. The minimum absolute atomic E-state index is 0.0749. The normalized spacial score (nSPS) is 23.5. The average molecular weight is 446 g/mol. The molecule has 2 N–H and O–H groups in total. The fourth-order valence-electron chi connectivity index (χ4n) is 5.84. The lowest BCUT2D eigenvalue weighted by Gasteiger charge is -2.36. The summed E-state index contributed by atoms with van der Waals surface area (Å²) in [6.07, 6.45) is 13.7. The fraction of sp³-hybridized carbons (Fsp3) is 0.536. The molecule has 3 aliphatic rings. The maximum absolute atomic E-state index is 12.6. The van der Waals surface area contributed by atoms with Crippen molar-refractivity contribution in [3.05, 3.63) is 40.7 Å². The third-order valence-electron chi connectivity index (χ3n) is 7.53. The summed E-state index contributed by atoms with van der Waals surface area (Å²) < 4.78 is 6.56. The number of aryl methyl sites for hydroxylation is 2. The van der Waals surface area contributed by atoms with E-state index in [9.17, 15) is 4.79 Å². The summed E-state index contributed by atoms with van der Waals surface area (Å²) in [7, 11) is 0. The maximum Gasteiger partial charge on any atom is 0.254 e. The van der Waals surface area contributed by atoms with Gasteiger partial charge >= 0.3 is 0 Å². The number of nitrogens with zero attached hydrogens (tertiary/aromatic N) is 2. The standard InChI is InChI=1S/C28H35N3O2/c1-17-11-22-21(19-12-18-7-4-5-9-23(18)30-16-19)13-24(25(27(29)32)26(22)31-15-17)33-20-8-6-10-28(2,3)14-20/h12-13,15-17,20H,4-11,14H2,1-3H3,(H2,29,32). The Morgan fingerprint density at radius 2 is 2.00 bits per heavy atom. The molecule has 33 heavy (non-hydrogen) atoms. The van der Waals surface area contributed by atoms with Gasteiger partial charge in [0, 0.05) is 23.7 Å². The van der Waals surface area contributed by atoms with Crippen molar-refractivity contribution in [1.82, 2.24) is 4.98 Å². The van der Waals surface area contributed by atoms with Crippen molar-refractivity contribution >= 4 is 17.8 Å². The van der Waals surface area contributed by atoms with E-state index in [0.29, 0.717) is 22.9 Å². The molecule has 0 bridgehead atoms. The Balaban J connectivity index is 1.64. The highest BCUT2D eigenvalue weighted by Crippen LogP contribution is 2.45. The van der Waals surface area contributed by atoms with E-state index in [-0.39, 0.29) is 11.5 Å². The molecule has 5 nitrogen and oxygen atoms in total. The first-order chi connectivity index (χ1) is 15.8. The number of rotatable bonds is 4. The number of hydrogen-bond donors (Lipinski definition) is 1. The van der Waals surface area contributed by atoms with Gasteiger partial charge in [-0.25, -0.2) is 0 Å². The molecule has 0 radical (unpaired) electrons. The fourth-order valence-corrected chi connectivity index (χ4v) is 5.84. The van der Waals surface area contributed by atoms with Crippen molar-refractivity contribution in [2.45, 2.75) is 84.7 Å². The van der Waals surface area contributed by atoms with Crippen LogP contribution in [0.5, 0.6) is 5.75 Å². The SMILES string of the molecule is CC1C=Nc2c(c(-c3cnc4c(c3)CCCC4)cc(OC3CCCC(C)(C)C3)c2C(N)=O)C1. The van der Waals surface area contributed by atoms with Crippen molar-refractivity contribution in [3.8, 4) is 16.9 Å². The Morgan fingerprint density at radius 3 is 2.79 bits per heavy atom. The first-order valence-corrected chi connectivity index (χ1v) is 12.5. The van der Waals surface area contributed by atoms with Crippen LogP contribution in [0, 0.1) is 11.3 Å². The summed E-state index contributed by atoms with van der Waals surface area (Å²) >= 11 is 0. The summed E-state index contributed by atoms with van der Waals surface area (Å²) in [5, 5.41) is 0. The molecule has 2 unspecified atom stereocenters. The van der Waals surface area contributed by atoms with Gasteiger partial charge in [0.2, 0.25) is 0 Å². The predicted molar refractivity (Wildman–Crippen MR) is 133 cm³/mol. The molecule has 0 saturated heterocycles. The van der Waals surface area contributed by atoms with Crippen LogP contribution in [0.4, 0.5) is 5.69 Å². The zero-order valence-electron chi connectivity index (χ0n) is 20.1. The van der Waals surface area contributed by atoms with E-state index in [2.05, 4.69) is 26.8 Å². The molecule has 1 fully saturated rings. The number of amides is 1. The minimum Gasteiger partial charge on any atom is -0.489 e. The van der Waals surface area contributed by atoms with E-state index in [1.807, 2.05) is 18.5 Å². The zero-order chi connectivity index (χ0) is 23.2. The maximum atomic E-state index is 12.6. The van der Waals surface area contributed by atoms with Crippen LogP contribution in [0.3, 0.4) is 0 Å². The predicted octanol–water partition coefficient (Wildman–Crippen LogP) is 5.97. The van der Waals surface area contributed by atoms with Crippen molar-refractivity contribution in [2.75, 3.05) is 0 Å². The van der Waals surface area contributed by atoms with Crippen LogP contribution < -0.4 is 10.5 Å². The number of primary amides is 1. The van der Waals surface area contributed by atoms with E-state index in [1.165, 1.54) is 30.5 Å². The second-order valence-corrected chi connectivity index (χ2v) is 11.0. The topological polar surface area (TPSA) is 77.6 Å². The van der Waals surface area contributed by atoms with Gasteiger partial charge in [0.15, 0.2) is 0 Å². The van der Waals surface area contributed by atoms with E-state index < -0.39 is 5.91 Å². The number of aromatic nitrogens is 1. The van der Waals surface area contributed by atoms with Crippen LogP contribution in [0.1, 0.15) is 86.5 Å². The van der Waals surface area contributed by atoms with Crippen molar-refractivity contribution < 1.29 is 9.53 Å². The number of pyridine rings is 1. The van der Waals surface area contributed by atoms with Gasteiger partial charge in [-0.15, -0.1) is 0 Å². The lowest BCUT2D eigenvalue weighted by atomic mass is 9.76. The van der Waals surface area contributed by atoms with Gasteiger partial charge in [0.05, 0.1) is 11.8 Å². The lowest BCUT2D eigenvalue weighted by Crippen LogP contribution is -2.31. The highest BCUT2D eigenvalue weighted by Gasteiger charge is 2.32. The van der Waals surface area contributed by atoms with E-state index in [0.717, 1.165) is 55.2 Å². The highest BCUT2D eigenvalue weighted by atomic mass is 16.5. The van der Waals surface area contributed by atoms with Gasteiger partial charge < -0.3 is 10.5 Å². The Morgan fingerprint density at radius 1 is 1.18 bits per heavy atom. The second-order valence-electron chi connectivity index (χ2n) is 11.0. The van der Waals surface area contributed by atoms with Gasteiger partial charge in [-0.05, 0) is 97.9 Å². The third-order valence-corrected chi connectivity index (χ3v) is 7.53. The van der Waals surface area contributed by atoms with Gasteiger partial charge in [0.1, 0.15) is 11.3 Å². The quantitative estimate of drug-likeness (QED) is 0.630. The third kappa shape index (κ3) is 4.42. The Kier molecular flexibility index (Phi) is 5.75. The average Bonchev–Trinajstić information content (AvgIpc) is 2.77. The monoisotopic (exact) mass is 445 g/mol. The molecule has 1 aromatic carbocycles. The molecule has 2 heterocycles. The number of nitrogens with two attached hydrogens (primary N) is 1. The van der Waals surface area contributed by atoms with Gasteiger partial charge in [-0.2, -0.15) is 0 Å². The van der Waals surface area contributed by atoms with Crippen molar-refractivity contribution in [2.24, 2.45) is 22.1 Å². The number of benzene rings is 1. The molecule has 2 aromatic rings. The lowest BCUT2D eigenvalue weighted by molar-refractivity contribution is 0.0827. The molecule has 1 saturated carbocycles. The summed E-state index contributed by atoms with van der Waals surface area (Å²) in [5.41, 5.74) is 13.0. The number of hydrogen-bond acceptors (Lipinski definition) is 4. The van der Waals surface area contributed by atoms with Crippen molar-refractivity contribution in [3.63, 3.8) is 0 Å². The van der Waals surface area contributed by atoms with E-state index >= 15 is 0 Å². The van der Waals surface area contributed by atoms with E-state index in [4.69, 9.17) is 20.4 Å². The number of carbonyl (C=O) groups is 1. The first kappa shape index (κ1) is 22.1. The molecule has 5 rings (SSSR count). The van der Waals surface area contributed by atoms with Crippen LogP contribution in [-0.2, 0) is 19.3 Å². The summed E-state index contributed by atoms with van der Waals surface area (Å²) in [5.74, 6) is 0.398. The zero-order valence-corrected chi connectivity index (χ0v) is 20.1. The number of aliphatic imine (C=N–C) groups is 1.